The predicted molar refractivity (Wildman–Crippen MR) is 95.1 cm³/mol. The molecule has 5 rings (SSSR count). The molecule has 3 atom stereocenters. The molecule has 1 fully saturated rings. The predicted octanol–water partition coefficient (Wildman–Crippen LogP) is 4.53. The average molecular weight is 356 g/mol. The summed E-state index contributed by atoms with van der Waals surface area (Å²) in [6.45, 7) is 0. The summed E-state index contributed by atoms with van der Waals surface area (Å²) >= 11 is 3.60. The van der Waals surface area contributed by atoms with Crippen LogP contribution in [0, 0.1) is 5.92 Å². The minimum absolute atomic E-state index is 0.612. The van der Waals surface area contributed by atoms with Gasteiger partial charge in [-0.1, -0.05) is 52.3 Å². The lowest BCUT2D eigenvalue weighted by molar-refractivity contribution is 0.217. The third-order valence-corrected chi connectivity index (χ3v) is 5.81. The Morgan fingerprint density at radius 2 is 1.77 bits per heavy atom. The summed E-state index contributed by atoms with van der Waals surface area (Å²) in [5, 5.41) is 3.95. The molecule has 0 spiro atoms. The Labute approximate surface area is 141 Å². The summed E-state index contributed by atoms with van der Waals surface area (Å²) < 4.78 is 1.19. The number of nitrogens with one attached hydrogen (secondary N) is 1. The van der Waals surface area contributed by atoms with Gasteiger partial charge >= 0.3 is 0 Å². The summed E-state index contributed by atoms with van der Waals surface area (Å²) in [5.74, 6) is 0.761. The minimum Gasteiger partial charge on any atom is -0.310 e. The van der Waals surface area contributed by atoms with Crippen molar-refractivity contribution in [3.8, 4) is 0 Å². The summed E-state index contributed by atoms with van der Waals surface area (Å²) in [6.07, 6.45) is 6.26. The van der Waals surface area contributed by atoms with E-state index in [4.69, 9.17) is 0 Å². The van der Waals surface area contributed by atoms with Gasteiger partial charge in [0.15, 0.2) is 0 Å². The van der Waals surface area contributed by atoms with Crippen LogP contribution in [0.15, 0.2) is 53.0 Å². The first-order chi connectivity index (χ1) is 10.8. The van der Waals surface area contributed by atoms with Gasteiger partial charge in [0.2, 0.25) is 0 Å². The van der Waals surface area contributed by atoms with Crippen LogP contribution in [0.25, 0.3) is 0 Å². The third-order valence-electron chi connectivity index (χ3n) is 5.32. The first-order valence-corrected chi connectivity index (χ1v) is 9.14. The van der Waals surface area contributed by atoms with Gasteiger partial charge in [0.05, 0.1) is 0 Å². The standard InChI is InChI=1S/C20H22BrN/c21-18-7-3-4-14(10-18)11-20-17-8-9-19(22-20)13-16-6-2-1-5-15(16)12-17/h1-7,10,17,19-20,22H,8-9,11-13H2/t17-,19+,20-/m0/s1. The van der Waals surface area contributed by atoms with Crippen LogP contribution in [0.5, 0.6) is 0 Å². The molecule has 0 aromatic heterocycles. The Hall–Kier alpha value is -1.12. The molecule has 2 aromatic carbocycles. The molecule has 1 nitrogen and oxygen atoms in total. The molecule has 1 saturated heterocycles. The van der Waals surface area contributed by atoms with Crippen LogP contribution in [0.1, 0.15) is 29.5 Å². The van der Waals surface area contributed by atoms with E-state index in [1.54, 1.807) is 11.1 Å². The van der Waals surface area contributed by atoms with E-state index in [1.165, 1.54) is 35.7 Å². The highest BCUT2D eigenvalue weighted by molar-refractivity contribution is 9.10. The smallest absolute Gasteiger partial charge is 0.0178 e. The molecule has 0 unspecified atom stereocenters. The molecule has 2 heteroatoms. The van der Waals surface area contributed by atoms with Crippen molar-refractivity contribution < 1.29 is 0 Å². The zero-order valence-electron chi connectivity index (χ0n) is 12.8. The molecule has 2 aromatic rings. The quantitative estimate of drug-likeness (QED) is 0.834. The van der Waals surface area contributed by atoms with Crippen molar-refractivity contribution in [2.75, 3.05) is 0 Å². The van der Waals surface area contributed by atoms with E-state index in [9.17, 15) is 0 Å². The second kappa shape index (κ2) is 6.17. The number of benzene rings is 2. The van der Waals surface area contributed by atoms with Gasteiger partial charge in [-0.25, -0.2) is 0 Å². The number of halogens is 1. The third kappa shape index (κ3) is 3.00. The fourth-order valence-electron chi connectivity index (χ4n) is 4.19. The highest BCUT2D eigenvalue weighted by Crippen LogP contribution is 2.32. The van der Waals surface area contributed by atoms with Crippen molar-refractivity contribution in [2.24, 2.45) is 5.92 Å². The maximum atomic E-state index is 3.95. The SMILES string of the molecule is Brc1cccc(C[C@@H]2N[C@@H]3CC[C@H]2Cc2ccccc2C3)c1. The van der Waals surface area contributed by atoms with E-state index in [-0.39, 0.29) is 0 Å². The highest BCUT2D eigenvalue weighted by Gasteiger charge is 2.32. The minimum atomic E-state index is 0.612. The second-order valence-electron chi connectivity index (χ2n) is 6.82. The Morgan fingerprint density at radius 1 is 0.955 bits per heavy atom. The topological polar surface area (TPSA) is 12.0 Å². The van der Waals surface area contributed by atoms with Crippen LogP contribution in [-0.2, 0) is 19.3 Å². The van der Waals surface area contributed by atoms with Crippen LogP contribution in [0.3, 0.4) is 0 Å². The number of fused-ring (bicyclic) bond motifs is 2. The second-order valence-corrected chi connectivity index (χ2v) is 7.73. The van der Waals surface area contributed by atoms with Crippen molar-refractivity contribution in [3.05, 3.63) is 69.7 Å². The number of rotatable bonds is 2. The Kier molecular flexibility index (Phi) is 4.06. The Balaban J connectivity index is 1.58. The van der Waals surface area contributed by atoms with E-state index in [2.05, 4.69) is 69.8 Å². The van der Waals surface area contributed by atoms with Gasteiger partial charge in [0.1, 0.15) is 0 Å². The van der Waals surface area contributed by atoms with Gasteiger partial charge in [-0.2, -0.15) is 0 Å². The molecule has 22 heavy (non-hydrogen) atoms. The van der Waals surface area contributed by atoms with Gasteiger partial charge < -0.3 is 5.32 Å². The molecule has 1 aliphatic carbocycles. The van der Waals surface area contributed by atoms with Crippen LogP contribution in [0.4, 0.5) is 0 Å². The summed E-state index contributed by atoms with van der Waals surface area (Å²) in [5.41, 5.74) is 4.58. The maximum absolute atomic E-state index is 3.95. The van der Waals surface area contributed by atoms with E-state index in [0.29, 0.717) is 12.1 Å². The lowest BCUT2D eigenvalue weighted by Crippen LogP contribution is -2.51. The summed E-state index contributed by atoms with van der Waals surface area (Å²) in [4.78, 5) is 0. The van der Waals surface area contributed by atoms with Crippen molar-refractivity contribution in [1.29, 1.82) is 0 Å². The summed E-state index contributed by atoms with van der Waals surface area (Å²) in [7, 11) is 0. The molecular weight excluding hydrogens is 334 g/mol. The van der Waals surface area contributed by atoms with Crippen LogP contribution in [0.2, 0.25) is 0 Å². The molecule has 0 radical (unpaired) electrons. The van der Waals surface area contributed by atoms with E-state index >= 15 is 0 Å². The zero-order valence-corrected chi connectivity index (χ0v) is 14.4. The van der Waals surface area contributed by atoms with E-state index < -0.39 is 0 Å². The normalized spacial score (nSPS) is 27.0. The molecule has 0 saturated carbocycles. The highest BCUT2D eigenvalue weighted by atomic mass is 79.9. The number of hydrogen-bond donors (Lipinski definition) is 1. The first kappa shape index (κ1) is 14.5. The lowest BCUT2D eigenvalue weighted by atomic mass is 9.75. The molecule has 0 amide bonds. The van der Waals surface area contributed by atoms with Crippen LogP contribution in [-0.4, -0.2) is 12.1 Å². The van der Waals surface area contributed by atoms with Crippen molar-refractivity contribution in [1.82, 2.24) is 5.32 Å². The van der Waals surface area contributed by atoms with Gasteiger partial charge in [-0.05, 0) is 66.8 Å². The largest absolute Gasteiger partial charge is 0.310 e. The van der Waals surface area contributed by atoms with Gasteiger partial charge in [-0.3, -0.25) is 0 Å². The Bertz CT molecular complexity index is 666. The number of hydrogen-bond acceptors (Lipinski definition) is 1. The molecule has 2 heterocycles. The van der Waals surface area contributed by atoms with Crippen LogP contribution >= 0.6 is 15.9 Å². The molecule has 2 aliphatic heterocycles. The summed E-state index contributed by atoms with van der Waals surface area (Å²) in [6, 6.07) is 19.1. The molecule has 1 N–H and O–H groups in total. The molecule has 114 valence electrons. The maximum Gasteiger partial charge on any atom is 0.0178 e. The van der Waals surface area contributed by atoms with Gasteiger partial charge in [-0.15, -0.1) is 0 Å². The van der Waals surface area contributed by atoms with Crippen molar-refractivity contribution >= 4 is 15.9 Å². The molecule has 3 aliphatic rings. The van der Waals surface area contributed by atoms with Crippen molar-refractivity contribution in [3.63, 3.8) is 0 Å². The van der Waals surface area contributed by atoms with Gasteiger partial charge in [0, 0.05) is 16.6 Å². The lowest BCUT2D eigenvalue weighted by Gasteiger charge is -2.41. The van der Waals surface area contributed by atoms with Crippen molar-refractivity contribution in [2.45, 2.75) is 44.2 Å². The van der Waals surface area contributed by atoms with E-state index in [1.807, 2.05) is 0 Å². The first-order valence-electron chi connectivity index (χ1n) is 8.35. The fourth-order valence-corrected chi connectivity index (χ4v) is 4.64. The number of piperidine rings is 1. The fraction of sp³-hybridized carbons (Fsp3) is 0.400. The monoisotopic (exact) mass is 355 g/mol. The van der Waals surface area contributed by atoms with E-state index in [0.717, 1.165) is 12.3 Å². The van der Waals surface area contributed by atoms with Crippen LogP contribution < -0.4 is 5.32 Å². The molecular formula is C20H22BrN. The average Bonchev–Trinajstić information content (AvgIpc) is 2.48. The Morgan fingerprint density at radius 3 is 2.59 bits per heavy atom. The molecule has 2 bridgehead atoms. The van der Waals surface area contributed by atoms with Gasteiger partial charge in [0.25, 0.3) is 0 Å². The zero-order chi connectivity index (χ0) is 14.9.